The lowest BCUT2D eigenvalue weighted by Gasteiger charge is -2.34. The Bertz CT molecular complexity index is 888. The minimum Gasteiger partial charge on any atom is -0.448 e. The third-order valence-electron chi connectivity index (χ3n) is 6.27. The van der Waals surface area contributed by atoms with Crippen molar-refractivity contribution < 1.29 is 14.3 Å². The lowest BCUT2D eigenvalue weighted by Crippen LogP contribution is -2.48. The maximum atomic E-state index is 12.6. The van der Waals surface area contributed by atoms with E-state index in [4.69, 9.17) is 9.47 Å². The van der Waals surface area contributed by atoms with Crippen molar-refractivity contribution in [1.29, 1.82) is 0 Å². The van der Waals surface area contributed by atoms with Gasteiger partial charge in [-0.2, -0.15) is 0 Å². The highest BCUT2D eigenvalue weighted by atomic mass is 16.7. The Balaban J connectivity index is 1.10. The lowest BCUT2D eigenvalue weighted by molar-refractivity contribution is -0.117. The molecule has 2 aliphatic heterocycles. The van der Waals surface area contributed by atoms with E-state index in [-0.39, 0.29) is 5.91 Å². The predicted octanol–water partition coefficient (Wildman–Crippen LogP) is 3.48. The minimum atomic E-state index is -0.468. The number of hydrogen-bond acceptors (Lipinski definition) is 5. The van der Waals surface area contributed by atoms with E-state index in [1.807, 2.05) is 24.3 Å². The van der Waals surface area contributed by atoms with E-state index in [2.05, 4.69) is 39.4 Å². The largest absolute Gasteiger partial charge is 0.448 e. The molecule has 0 unspecified atom stereocenters. The van der Waals surface area contributed by atoms with Gasteiger partial charge in [0, 0.05) is 57.3 Å². The van der Waals surface area contributed by atoms with E-state index < -0.39 is 5.79 Å². The van der Waals surface area contributed by atoms with Crippen LogP contribution in [-0.2, 0) is 11.3 Å². The first-order valence-electron chi connectivity index (χ1n) is 11.0. The van der Waals surface area contributed by atoms with E-state index in [0.717, 1.165) is 75.6 Å². The van der Waals surface area contributed by atoms with Gasteiger partial charge < -0.3 is 14.8 Å². The molecule has 1 saturated heterocycles. The van der Waals surface area contributed by atoms with Gasteiger partial charge in [-0.25, -0.2) is 0 Å². The van der Waals surface area contributed by atoms with Crippen LogP contribution in [0.1, 0.15) is 31.2 Å². The van der Waals surface area contributed by atoms with Crippen LogP contribution in [-0.4, -0.2) is 54.2 Å². The Labute approximate surface area is 177 Å². The molecule has 1 spiro atoms. The highest BCUT2D eigenvalue weighted by molar-refractivity contribution is 5.92. The molecule has 5 rings (SSSR count). The van der Waals surface area contributed by atoms with Crippen LogP contribution in [0.4, 0.5) is 5.69 Å². The number of hydrogen-bond donors (Lipinski definition) is 1. The number of piperazine rings is 1. The second kappa shape index (κ2) is 8.28. The maximum absolute atomic E-state index is 12.6. The zero-order chi connectivity index (χ0) is 20.4. The van der Waals surface area contributed by atoms with Crippen molar-refractivity contribution >= 4 is 11.6 Å². The summed E-state index contributed by atoms with van der Waals surface area (Å²) in [5.41, 5.74) is 2.10. The lowest BCUT2D eigenvalue weighted by atomic mass is 10.2. The summed E-state index contributed by atoms with van der Waals surface area (Å²) in [6.45, 7) is 5.16. The molecule has 0 bridgehead atoms. The zero-order valence-electron chi connectivity index (χ0n) is 17.3. The fourth-order valence-electron chi connectivity index (χ4n) is 4.64. The van der Waals surface area contributed by atoms with Gasteiger partial charge in [0.15, 0.2) is 11.5 Å². The highest BCUT2D eigenvalue weighted by Crippen LogP contribution is 2.47. The number of rotatable bonds is 5. The third kappa shape index (κ3) is 4.30. The van der Waals surface area contributed by atoms with Crippen molar-refractivity contribution in [3.8, 4) is 11.5 Å². The zero-order valence-corrected chi connectivity index (χ0v) is 17.3. The monoisotopic (exact) mass is 407 g/mol. The summed E-state index contributed by atoms with van der Waals surface area (Å²) in [7, 11) is 0. The van der Waals surface area contributed by atoms with Gasteiger partial charge in [0.1, 0.15) is 0 Å². The second-order valence-corrected chi connectivity index (χ2v) is 8.57. The van der Waals surface area contributed by atoms with Gasteiger partial charge in [-0.15, -0.1) is 0 Å². The molecule has 0 radical (unpaired) electrons. The van der Waals surface area contributed by atoms with Crippen molar-refractivity contribution in [3.63, 3.8) is 0 Å². The van der Waals surface area contributed by atoms with Crippen LogP contribution in [0.25, 0.3) is 0 Å². The van der Waals surface area contributed by atoms with E-state index >= 15 is 0 Å². The van der Waals surface area contributed by atoms with Crippen LogP contribution in [0.15, 0.2) is 48.5 Å². The van der Waals surface area contributed by atoms with Crippen molar-refractivity contribution in [3.05, 3.63) is 54.1 Å². The first kappa shape index (κ1) is 19.4. The summed E-state index contributed by atoms with van der Waals surface area (Å²) in [6.07, 6.45) is 4.13. The predicted molar refractivity (Wildman–Crippen MR) is 116 cm³/mol. The van der Waals surface area contributed by atoms with Gasteiger partial charge in [0.25, 0.3) is 5.79 Å². The summed E-state index contributed by atoms with van der Waals surface area (Å²) in [5.74, 6) is 1.07. The Morgan fingerprint density at radius 2 is 1.60 bits per heavy atom. The van der Waals surface area contributed by atoms with Crippen LogP contribution >= 0.6 is 0 Å². The SMILES string of the molecule is O=C(CN1CCN(Cc2ccccc2)CC1)Nc1ccc2c(c1)OC1(CCCC1)O2. The quantitative estimate of drug-likeness (QED) is 0.822. The molecule has 2 heterocycles. The summed E-state index contributed by atoms with van der Waals surface area (Å²) in [5, 5.41) is 3.02. The molecule has 2 fully saturated rings. The van der Waals surface area contributed by atoms with Gasteiger partial charge in [0.05, 0.1) is 6.54 Å². The normalized spacial score (nSPS) is 20.5. The molecule has 3 aliphatic rings. The molecule has 2 aromatic carbocycles. The molecular formula is C24H29N3O3. The fraction of sp³-hybridized carbons (Fsp3) is 0.458. The summed E-state index contributed by atoms with van der Waals surface area (Å²) < 4.78 is 12.1. The molecule has 0 atom stereocenters. The van der Waals surface area contributed by atoms with Gasteiger partial charge in [0.2, 0.25) is 5.91 Å². The highest BCUT2D eigenvalue weighted by Gasteiger charge is 2.44. The molecule has 2 aromatic rings. The van der Waals surface area contributed by atoms with E-state index in [1.165, 1.54) is 5.56 Å². The third-order valence-corrected chi connectivity index (χ3v) is 6.27. The van der Waals surface area contributed by atoms with Crippen molar-refractivity contribution in [2.75, 3.05) is 38.0 Å². The topological polar surface area (TPSA) is 54.0 Å². The number of fused-ring (bicyclic) bond motifs is 1. The van der Waals surface area contributed by atoms with Crippen molar-refractivity contribution in [1.82, 2.24) is 9.80 Å². The molecule has 1 N–H and O–H groups in total. The first-order chi connectivity index (χ1) is 14.7. The molecule has 0 aromatic heterocycles. The number of benzene rings is 2. The molecule has 30 heavy (non-hydrogen) atoms. The Morgan fingerprint density at radius 3 is 2.37 bits per heavy atom. The number of amides is 1. The molecule has 1 saturated carbocycles. The standard InChI is InChI=1S/C24H29N3O3/c28-23(18-27-14-12-26(13-15-27)17-19-6-2-1-3-7-19)25-20-8-9-21-22(16-20)30-24(29-21)10-4-5-11-24/h1-3,6-9,16H,4-5,10-15,17-18H2,(H,25,28). The van der Waals surface area contributed by atoms with E-state index in [1.54, 1.807) is 0 Å². The minimum absolute atomic E-state index is 0.0148. The average molecular weight is 408 g/mol. The number of nitrogens with zero attached hydrogens (tertiary/aromatic N) is 2. The second-order valence-electron chi connectivity index (χ2n) is 8.57. The van der Waals surface area contributed by atoms with Crippen molar-refractivity contribution in [2.24, 2.45) is 0 Å². The molecule has 6 nitrogen and oxygen atoms in total. The van der Waals surface area contributed by atoms with Crippen LogP contribution < -0.4 is 14.8 Å². The Kier molecular flexibility index (Phi) is 5.35. The molecule has 6 heteroatoms. The van der Waals surface area contributed by atoms with Crippen LogP contribution in [0, 0.1) is 0 Å². The van der Waals surface area contributed by atoms with Crippen molar-refractivity contribution in [2.45, 2.75) is 38.0 Å². The first-order valence-corrected chi connectivity index (χ1v) is 11.0. The van der Waals surface area contributed by atoms with Gasteiger partial charge >= 0.3 is 0 Å². The van der Waals surface area contributed by atoms with Crippen LogP contribution in [0.5, 0.6) is 11.5 Å². The van der Waals surface area contributed by atoms with E-state index in [0.29, 0.717) is 6.54 Å². The van der Waals surface area contributed by atoms with Crippen LogP contribution in [0.3, 0.4) is 0 Å². The average Bonchev–Trinajstić information content (AvgIpc) is 3.35. The molecular weight excluding hydrogens is 378 g/mol. The summed E-state index contributed by atoms with van der Waals surface area (Å²) in [6, 6.07) is 16.2. The smallest absolute Gasteiger partial charge is 0.251 e. The number of carbonyl (C=O) groups excluding carboxylic acids is 1. The maximum Gasteiger partial charge on any atom is 0.251 e. The molecule has 1 amide bonds. The van der Waals surface area contributed by atoms with Gasteiger partial charge in [-0.1, -0.05) is 30.3 Å². The van der Waals surface area contributed by atoms with Crippen LogP contribution in [0.2, 0.25) is 0 Å². The summed E-state index contributed by atoms with van der Waals surface area (Å²) >= 11 is 0. The van der Waals surface area contributed by atoms with Gasteiger partial charge in [-0.05, 0) is 30.5 Å². The Hall–Kier alpha value is -2.57. The fourth-order valence-corrected chi connectivity index (χ4v) is 4.64. The molecule has 1 aliphatic carbocycles. The molecule has 158 valence electrons. The number of ether oxygens (including phenoxy) is 2. The van der Waals surface area contributed by atoms with Gasteiger partial charge in [-0.3, -0.25) is 14.6 Å². The summed E-state index contributed by atoms with van der Waals surface area (Å²) in [4.78, 5) is 17.2. The number of anilines is 1. The number of nitrogens with one attached hydrogen (secondary N) is 1. The van der Waals surface area contributed by atoms with E-state index in [9.17, 15) is 4.79 Å². The number of carbonyl (C=O) groups is 1. The Morgan fingerprint density at radius 1 is 0.900 bits per heavy atom.